The summed E-state index contributed by atoms with van der Waals surface area (Å²) in [6, 6.07) is 3.86. The van der Waals surface area contributed by atoms with E-state index in [1.807, 2.05) is 5.38 Å². The number of carbonyl (C=O) groups is 2. The van der Waals surface area contributed by atoms with Crippen LogP contribution in [-0.2, 0) is 16.6 Å². The van der Waals surface area contributed by atoms with Crippen molar-refractivity contribution in [1.29, 1.82) is 0 Å². The maximum atomic E-state index is 12.7. The Kier molecular flexibility index (Phi) is 5.64. The summed E-state index contributed by atoms with van der Waals surface area (Å²) in [5.74, 6) is 0.0640. The molecule has 0 aliphatic carbocycles. The van der Waals surface area contributed by atoms with Crippen LogP contribution in [0.15, 0.2) is 55.5 Å². The topological polar surface area (TPSA) is 115 Å². The summed E-state index contributed by atoms with van der Waals surface area (Å²) in [4.78, 5) is 42.6. The number of nitrogens with one attached hydrogen (secondary N) is 2. The molecular weight excluding hydrogens is 428 g/mol. The van der Waals surface area contributed by atoms with E-state index in [1.54, 1.807) is 32.2 Å². The number of nitrogens with zero attached hydrogens (tertiary/aromatic N) is 2. The molecule has 2 N–H and O–H groups in total. The Morgan fingerprint density at radius 1 is 1.40 bits per heavy atom. The van der Waals surface area contributed by atoms with Crippen LogP contribution in [0.4, 0.5) is 4.79 Å². The third-order valence-corrected chi connectivity index (χ3v) is 6.35. The number of hydrogen-bond donors (Lipinski definition) is 2. The van der Waals surface area contributed by atoms with Gasteiger partial charge in [-0.05, 0) is 30.5 Å². The van der Waals surface area contributed by atoms with E-state index < -0.39 is 18.0 Å². The van der Waals surface area contributed by atoms with Crippen LogP contribution < -0.4 is 16.2 Å². The maximum Gasteiger partial charge on any atom is 0.338 e. The lowest BCUT2D eigenvalue weighted by Gasteiger charge is -2.27. The van der Waals surface area contributed by atoms with Crippen molar-refractivity contribution in [2.24, 2.45) is 7.05 Å². The molecule has 1 atom stereocenters. The van der Waals surface area contributed by atoms with Crippen LogP contribution in [0.3, 0.4) is 0 Å². The number of thiophene rings is 1. The Morgan fingerprint density at radius 2 is 2.23 bits per heavy atom. The lowest BCUT2D eigenvalue weighted by molar-refractivity contribution is -0.139. The van der Waals surface area contributed by atoms with E-state index in [0.717, 1.165) is 0 Å². The summed E-state index contributed by atoms with van der Waals surface area (Å²) >= 11 is 2.63. The molecule has 156 valence electrons. The number of esters is 1. The fraction of sp³-hybridized carbons (Fsp3) is 0.263. The van der Waals surface area contributed by atoms with Gasteiger partial charge in [0.25, 0.3) is 5.56 Å². The molecule has 0 fully saturated rings. The SMILES string of the molecule is CCOC(=O)C1=C(CSc2nc3sccc3c(=O)n2C)NC(=O)NC1c1ccco1. The highest BCUT2D eigenvalue weighted by Gasteiger charge is 2.35. The van der Waals surface area contributed by atoms with Crippen LogP contribution in [0.1, 0.15) is 18.7 Å². The van der Waals surface area contributed by atoms with Crippen molar-refractivity contribution in [2.75, 3.05) is 12.4 Å². The molecule has 0 radical (unpaired) electrons. The van der Waals surface area contributed by atoms with Gasteiger partial charge in [-0.15, -0.1) is 11.3 Å². The van der Waals surface area contributed by atoms with Crippen molar-refractivity contribution in [3.8, 4) is 0 Å². The van der Waals surface area contributed by atoms with Gasteiger partial charge in [0.05, 0.1) is 23.8 Å². The molecule has 4 heterocycles. The molecule has 1 aliphatic rings. The third kappa shape index (κ3) is 3.73. The summed E-state index contributed by atoms with van der Waals surface area (Å²) in [7, 11) is 1.64. The van der Waals surface area contributed by atoms with Gasteiger partial charge in [-0.1, -0.05) is 11.8 Å². The van der Waals surface area contributed by atoms with Gasteiger partial charge in [-0.25, -0.2) is 14.6 Å². The highest BCUT2D eigenvalue weighted by molar-refractivity contribution is 7.99. The second kappa shape index (κ2) is 8.36. The molecule has 0 spiro atoms. The highest BCUT2D eigenvalue weighted by Crippen LogP contribution is 2.31. The predicted octanol–water partition coefficient (Wildman–Crippen LogP) is 2.55. The van der Waals surface area contributed by atoms with Crippen LogP contribution >= 0.6 is 23.1 Å². The summed E-state index contributed by atoms with van der Waals surface area (Å²) < 4.78 is 12.1. The van der Waals surface area contributed by atoms with Crippen LogP contribution in [0.2, 0.25) is 0 Å². The van der Waals surface area contributed by atoms with E-state index in [9.17, 15) is 14.4 Å². The van der Waals surface area contributed by atoms with Crippen LogP contribution in [-0.4, -0.2) is 33.9 Å². The van der Waals surface area contributed by atoms with E-state index in [1.165, 1.54) is 33.9 Å². The van der Waals surface area contributed by atoms with Gasteiger partial charge in [-0.3, -0.25) is 9.36 Å². The number of fused-ring (bicyclic) bond motifs is 1. The minimum Gasteiger partial charge on any atom is -0.467 e. The van der Waals surface area contributed by atoms with Gasteiger partial charge in [0.2, 0.25) is 0 Å². The monoisotopic (exact) mass is 446 g/mol. The second-order valence-corrected chi connectivity index (χ2v) is 8.18. The Morgan fingerprint density at radius 3 is 2.97 bits per heavy atom. The number of urea groups is 1. The summed E-state index contributed by atoms with van der Waals surface area (Å²) in [6.07, 6.45) is 1.47. The van der Waals surface area contributed by atoms with E-state index >= 15 is 0 Å². The third-order valence-electron chi connectivity index (χ3n) is 4.49. The van der Waals surface area contributed by atoms with Crippen molar-refractivity contribution in [3.05, 3.63) is 57.2 Å². The number of carbonyl (C=O) groups excluding carboxylic acids is 2. The molecule has 4 rings (SSSR count). The van der Waals surface area contributed by atoms with Gasteiger partial charge in [0.1, 0.15) is 16.6 Å². The number of hydrogen-bond acceptors (Lipinski definition) is 8. The van der Waals surface area contributed by atoms with Gasteiger partial charge < -0.3 is 19.8 Å². The van der Waals surface area contributed by atoms with Crippen LogP contribution in [0, 0.1) is 0 Å². The number of aromatic nitrogens is 2. The number of amides is 2. The molecule has 3 aromatic rings. The van der Waals surface area contributed by atoms with Gasteiger partial charge >= 0.3 is 12.0 Å². The largest absolute Gasteiger partial charge is 0.467 e. The lowest BCUT2D eigenvalue weighted by atomic mass is 10.0. The zero-order chi connectivity index (χ0) is 21.3. The van der Waals surface area contributed by atoms with E-state index in [0.29, 0.717) is 26.8 Å². The van der Waals surface area contributed by atoms with Crippen LogP contribution in [0.5, 0.6) is 0 Å². The highest BCUT2D eigenvalue weighted by atomic mass is 32.2. The molecule has 0 bridgehead atoms. The van der Waals surface area contributed by atoms with Crippen molar-refractivity contribution in [1.82, 2.24) is 20.2 Å². The summed E-state index contributed by atoms with van der Waals surface area (Å²) in [5.41, 5.74) is 0.483. The molecular formula is C19H18N4O5S2. The molecule has 2 amide bonds. The minimum absolute atomic E-state index is 0.147. The molecule has 0 aromatic carbocycles. The molecule has 30 heavy (non-hydrogen) atoms. The van der Waals surface area contributed by atoms with E-state index in [4.69, 9.17) is 9.15 Å². The van der Waals surface area contributed by atoms with Crippen molar-refractivity contribution < 1.29 is 18.7 Å². The Bertz CT molecular complexity index is 1200. The fourth-order valence-corrected chi connectivity index (χ4v) is 4.84. The van der Waals surface area contributed by atoms with E-state index in [2.05, 4.69) is 15.6 Å². The first-order valence-corrected chi connectivity index (χ1v) is 10.9. The zero-order valence-electron chi connectivity index (χ0n) is 16.1. The standard InChI is InChI=1S/C19H18N4O5S2/c1-3-27-17(25)13-11(20-18(26)21-14(13)12-5-4-7-28-12)9-30-19-22-15-10(6-8-29-15)16(24)23(19)2/h4-8,14H,3,9H2,1-2H3,(H2,20,21,26). The van der Waals surface area contributed by atoms with Crippen molar-refractivity contribution in [3.63, 3.8) is 0 Å². The number of thioether (sulfide) groups is 1. The maximum absolute atomic E-state index is 12.7. The average Bonchev–Trinajstić information content (AvgIpc) is 3.41. The number of furan rings is 1. The fourth-order valence-electron chi connectivity index (χ4n) is 3.10. The van der Waals surface area contributed by atoms with Crippen molar-refractivity contribution >= 4 is 45.3 Å². The first-order valence-electron chi connectivity index (χ1n) is 9.07. The van der Waals surface area contributed by atoms with Crippen molar-refractivity contribution in [2.45, 2.75) is 18.1 Å². The molecule has 3 aromatic heterocycles. The van der Waals surface area contributed by atoms with Crippen LogP contribution in [0.25, 0.3) is 10.2 Å². The second-order valence-electron chi connectivity index (χ2n) is 6.35. The summed E-state index contributed by atoms with van der Waals surface area (Å²) in [5, 5.41) is 8.24. The van der Waals surface area contributed by atoms with Gasteiger partial charge in [0, 0.05) is 18.5 Å². The van der Waals surface area contributed by atoms with Gasteiger partial charge in [-0.2, -0.15) is 0 Å². The van der Waals surface area contributed by atoms with Gasteiger partial charge in [0.15, 0.2) is 5.16 Å². The average molecular weight is 447 g/mol. The summed E-state index contributed by atoms with van der Waals surface area (Å²) in [6.45, 7) is 1.90. The smallest absolute Gasteiger partial charge is 0.338 e. The minimum atomic E-state index is -0.778. The predicted molar refractivity (Wildman–Crippen MR) is 112 cm³/mol. The normalized spacial score (nSPS) is 16.5. The first kappa shape index (κ1) is 20.2. The molecule has 0 saturated carbocycles. The lowest BCUT2D eigenvalue weighted by Crippen LogP contribution is -2.46. The number of ether oxygens (including phenoxy) is 1. The number of rotatable bonds is 6. The Labute approximate surface area is 179 Å². The quantitative estimate of drug-likeness (QED) is 0.340. The Balaban J connectivity index is 1.71. The molecule has 1 unspecified atom stereocenters. The first-order chi connectivity index (χ1) is 14.5. The molecule has 1 aliphatic heterocycles. The Hall–Kier alpha value is -3.05. The molecule has 0 saturated heterocycles. The molecule has 11 heteroatoms. The zero-order valence-corrected chi connectivity index (χ0v) is 17.8. The molecule has 9 nitrogen and oxygen atoms in total. The van der Waals surface area contributed by atoms with E-state index in [-0.39, 0.29) is 23.5 Å².